The lowest BCUT2D eigenvalue weighted by molar-refractivity contribution is -0.121. The normalized spacial score (nSPS) is 16.9. The molecule has 1 heterocycles. The molecule has 0 fully saturated rings. The molecule has 0 radical (unpaired) electrons. The van der Waals surface area contributed by atoms with Crippen LogP contribution < -0.4 is 15.4 Å². The van der Waals surface area contributed by atoms with Crippen molar-refractivity contribution >= 4 is 11.6 Å². The highest BCUT2D eigenvalue weighted by Crippen LogP contribution is 2.33. The largest absolute Gasteiger partial charge is 0.496 e. The summed E-state index contributed by atoms with van der Waals surface area (Å²) >= 11 is 0. The molecule has 0 unspecified atom stereocenters. The fourth-order valence-electron chi connectivity index (χ4n) is 2.22. The summed E-state index contributed by atoms with van der Waals surface area (Å²) in [5.41, 5.74) is 2.10. The molecule has 98 valence electrons. The molecule has 0 bridgehead atoms. The fourth-order valence-corrected chi connectivity index (χ4v) is 2.22. The molecule has 4 heteroatoms. The number of hydrogen-bond acceptors (Lipinski definition) is 3. The summed E-state index contributed by atoms with van der Waals surface area (Å²) < 4.78 is 5.31. The number of nitrogens with one attached hydrogen (secondary N) is 2. The molecular formula is C14H20N2O2. The molecule has 1 atom stereocenters. The van der Waals surface area contributed by atoms with Crippen LogP contribution in [-0.4, -0.2) is 25.6 Å². The van der Waals surface area contributed by atoms with Gasteiger partial charge in [0.15, 0.2) is 0 Å². The van der Waals surface area contributed by atoms with Crippen molar-refractivity contribution in [1.82, 2.24) is 5.32 Å². The molecule has 2 N–H and O–H groups in total. The van der Waals surface area contributed by atoms with Crippen LogP contribution in [0.15, 0.2) is 18.2 Å². The number of methoxy groups -OCH3 is 1. The molecule has 1 aliphatic heterocycles. The van der Waals surface area contributed by atoms with Gasteiger partial charge in [0.25, 0.3) is 0 Å². The minimum Gasteiger partial charge on any atom is -0.496 e. The highest BCUT2D eigenvalue weighted by molar-refractivity contribution is 5.87. The van der Waals surface area contributed by atoms with Crippen LogP contribution in [0.1, 0.15) is 25.3 Å². The Bertz CT molecular complexity index is 432. The molecule has 0 saturated heterocycles. The standard InChI is InChI=1S/C14H20N2O2/c1-3-4-8-15-14(17)12-9-10-11(16-12)6-5-7-13(10)18-2/h5-7,12,16H,3-4,8-9H2,1-2H3,(H,15,17)/t12-/m1/s1. The Labute approximate surface area is 108 Å². The van der Waals surface area contributed by atoms with Crippen LogP contribution in [0.5, 0.6) is 5.75 Å². The Kier molecular flexibility index (Phi) is 4.07. The van der Waals surface area contributed by atoms with Crippen molar-refractivity contribution in [2.75, 3.05) is 19.0 Å². The van der Waals surface area contributed by atoms with Gasteiger partial charge in [-0.3, -0.25) is 4.79 Å². The van der Waals surface area contributed by atoms with Crippen molar-refractivity contribution in [2.45, 2.75) is 32.2 Å². The molecule has 0 spiro atoms. The van der Waals surface area contributed by atoms with Crippen LogP contribution in [0.25, 0.3) is 0 Å². The van der Waals surface area contributed by atoms with Gasteiger partial charge in [0.05, 0.1) is 7.11 Å². The Balaban J connectivity index is 1.99. The first-order valence-electron chi connectivity index (χ1n) is 6.46. The monoisotopic (exact) mass is 248 g/mol. The predicted octanol–water partition coefficient (Wildman–Crippen LogP) is 1.95. The number of hydrogen-bond donors (Lipinski definition) is 2. The van der Waals surface area contributed by atoms with Crippen molar-refractivity contribution in [3.8, 4) is 5.75 Å². The van der Waals surface area contributed by atoms with E-state index < -0.39 is 0 Å². The van der Waals surface area contributed by atoms with E-state index in [9.17, 15) is 4.79 Å². The first kappa shape index (κ1) is 12.7. The van der Waals surface area contributed by atoms with Gasteiger partial charge in [-0.15, -0.1) is 0 Å². The number of unbranched alkanes of at least 4 members (excludes halogenated alkanes) is 1. The lowest BCUT2D eigenvalue weighted by atomic mass is 10.1. The lowest BCUT2D eigenvalue weighted by Crippen LogP contribution is -2.38. The second-order valence-corrected chi connectivity index (χ2v) is 4.53. The summed E-state index contributed by atoms with van der Waals surface area (Å²) in [6.45, 7) is 2.86. The van der Waals surface area contributed by atoms with Crippen LogP contribution >= 0.6 is 0 Å². The number of fused-ring (bicyclic) bond motifs is 1. The lowest BCUT2D eigenvalue weighted by Gasteiger charge is -2.11. The SMILES string of the molecule is CCCCNC(=O)[C@H]1Cc2c(cccc2OC)N1. The molecule has 1 aromatic rings. The van der Waals surface area contributed by atoms with Crippen LogP contribution in [-0.2, 0) is 11.2 Å². The highest BCUT2D eigenvalue weighted by Gasteiger charge is 2.28. The van der Waals surface area contributed by atoms with Crippen LogP contribution in [0, 0.1) is 0 Å². The number of carbonyl (C=O) groups excluding carboxylic acids is 1. The third kappa shape index (κ3) is 2.58. The molecular weight excluding hydrogens is 228 g/mol. The first-order valence-corrected chi connectivity index (χ1v) is 6.46. The maximum absolute atomic E-state index is 12.0. The van der Waals surface area contributed by atoms with Crippen molar-refractivity contribution in [3.63, 3.8) is 0 Å². The van der Waals surface area contributed by atoms with E-state index in [2.05, 4.69) is 17.6 Å². The van der Waals surface area contributed by atoms with Crippen LogP contribution in [0.3, 0.4) is 0 Å². The zero-order chi connectivity index (χ0) is 13.0. The van der Waals surface area contributed by atoms with Crippen molar-refractivity contribution < 1.29 is 9.53 Å². The van der Waals surface area contributed by atoms with Gasteiger partial charge in [0.2, 0.25) is 5.91 Å². The summed E-state index contributed by atoms with van der Waals surface area (Å²) in [5.74, 6) is 0.922. The second kappa shape index (κ2) is 5.76. The van der Waals surface area contributed by atoms with E-state index in [1.54, 1.807) is 7.11 Å². The van der Waals surface area contributed by atoms with Crippen LogP contribution in [0.4, 0.5) is 5.69 Å². The van der Waals surface area contributed by atoms with E-state index in [-0.39, 0.29) is 11.9 Å². The van der Waals surface area contributed by atoms with Crippen molar-refractivity contribution in [2.24, 2.45) is 0 Å². The summed E-state index contributed by atoms with van der Waals surface area (Å²) in [4.78, 5) is 12.0. The van der Waals surface area contributed by atoms with Gasteiger partial charge in [0.1, 0.15) is 11.8 Å². The number of benzene rings is 1. The van der Waals surface area contributed by atoms with Gasteiger partial charge in [-0.1, -0.05) is 19.4 Å². The summed E-state index contributed by atoms with van der Waals surface area (Å²) in [7, 11) is 1.66. The number of anilines is 1. The van der Waals surface area contributed by atoms with Gasteiger partial charge < -0.3 is 15.4 Å². The Morgan fingerprint density at radius 3 is 3.11 bits per heavy atom. The maximum Gasteiger partial charge on any atom is 0.242 e. The molecule has 1 aliphatic rings. The highest BCUT2D eigenvalue weighted by atomic mass is 16.5. The molecule has 2 rings (SSSR count). The van der Waals surface area contributed by atoms with E-state index in [4.69, 9.17) is 4.74 Å². The van der Waals surface area contributed by atoms with Gasteiger partial charge in [-0.05, 0) is 18.6 Å². The van der Waals surface area contributed by atoms with E-state index >= 15 is 0 Å². The van der Waals surface area contributed by atoms with Gasteiger partial charge in [-0.25, -0.2) is 0 Å². The third-order valence-electron chi connectivity index (χ3n) is 3.24. The maximum atomic E-state index is 12.0. The fraction of sp³-hybridized carbons (Fsp3) is 0.500. The van der Waals surface area contributed by atoms with Crippen molar-refractivity contribution in [3.05, 3.63) is 23.8 Å². The number of rotatable bonds is 5. The molecule has 1 aromatic carbocycles. The third-order valence-corrected chi connectivity index (χ3v) is 3.24. The molecule has 0 saturated carbocycles. The van der Waals surface area contributed by atoms with Crippen LogP contribution in [0.2, 0.25) is 0 Å². The first-order chi connectivity index (χ1) is 8.76. The predicted molar refractivity (Wildman–Crippen MR) is 72.0 cm³/mol. The zero-order valence-corrected chi connectivity index (χ0v) is 11.0. The minimum atomic E-state index is -0.173. The quantitative estimate of drug-likeness (QED) is 0.783. The molecule has 0 aliphatic carbocycles. The second-order valence-electron chi connectivity index (χ2n) is 4.53. The Morgan fingerprint density at radius 1 is 1.56 bits per heavy atom. The topological polar surface area (TPSA) is 50.4 Å². The average Bonchev–Trinajstić information content (AvgIpc) is 2.82. The summed E-state index contributed by atoms with van der Waals surface area (Å²) in [6.07, 6.45) is 2.80. The minimum absolute atomic E-state index is 0.0710. The van der Waals surface area contributed by atoms with E-state index in [1.807, 2.05) is 18.2 Å². The smallest absolute Gasteiger partial charge is 0.242 e. The molecule has 4 nitrogen and oxygen atoms in total. The Hall–Kier alpha value is -1.71. The summed E-state index contributed by atoms with van der Waals surface area (Å²) in [5, 5.41) is 6.20. The van der Waals surface area contributed by atoms with E-state index in [0.717, 1.165) is 36.4 Å². The Morgan fingerprint density at radius 2 is 2.39 bits per heavy atom. The van der Waals surface area contributed by atoms with E-state index in [1.165, 1.54) is 0 Å². The average molecular weight is 248 g/mol. The number of amides is 1. The van der Waals surface area contributed by atoms with Gasteiger partial charge in [-0.2, -0.15) is 0 Å². The van der Waals surface area contributed by atoms with Gasteiger partial charge in [0, 0.05) is 24.2 Å². The number of ether oxygens (including phenoxy) is 1. The van der Waals surface area contributed by atoms with Crippen molar-refractivity contribution in [1.29, 1.82) is 0 Å². The van der Waals surface area contributed by atoms with Gasteiger partial charge >= 0.3 is 0 Å². The molecule has 18 heavy (non-hydrogen) atoms. The molecule has 1 amide bonds. The zero-order valence-electron chi connectivity index (χ0n) is 11.0. The number of carbonyl (C=O) groups is 1. The molecule has 0 aromatic heterocycles. The summed E-state index contributed by atoms with van der Waals surface area (Å²) in [6, 6.07) is 5.67. The van der Waals surface area contributed by atoms with E-state index in [0.29, 0.717) is 6.42 Å².